The molecule has 2 aliphatic rings. The highest BCUT2D eigenvalue weighted by Crippen LogP contribution is 2.30. The Morgan fingerprint density at radius 2 is 2.04 bits per heavy atom. The standard InChI is InChI=1S/C21H33N3O2/c1-21(2,26)12-11-15-7-6-8-16(13-15)20(25)24(3)14-19-17-9-4-5-10-18(17)22-23-19/h6-8,13,17-19,22-23,26H,4-5,9-12,14H2,1-3H3. The number of likely N-dealkylation sites (N-methyl/N-ethyl adjacent to an activating group) is 1. The SMILES string of the molecule is CN(CC1NNC2CCCCC21)C(=O)c1cccc(CCC(C)(C)O)c1. The lowest BCUT2D eigenvalue weighted by Gasteiger charge is -2.29. The molecule has 1 saturated carbocycles. The first-order valence-corrected chi connectivity index (χ1v) is 9.91. The van der Waals surface area contributed by atoms with Gasteiger partial charge in [0, 0.05) is 31.2 Å². The number of hydrogen-bond donors (Lipinski definition) is 3. The van der Waals surface area contributed by atoms with Crippen LogP contribution in [0.3, 0.4) is 0 Å². The molecule has 1 aromatic carbocycles. The van der Waals surface area contributed by atoms with E-state index in [1.54, 1.807) is 0 Å². The number of rotatable bonds is 6. The van der Waals surface area contributed by atoms with Gasteiger partial charge in [0.05, 0.1) is 5.60 Å². The number of aryl methyl sites for hydroxylation is 1. The van der Waals surface area contributed by atoms with Gasteiger partial charge in [-0.05, 0) is 63.1 Å². The minimum atomic E-state index is -0.686. The van der Waals surface area contributed by atoms with Crippen LogP contribution in [-0.4, -0.2) is 47.2 Å². The number of nitrogens with one attached hydrogen (secondary N) is 2. The summed E-state index contributed by atoms with van der Waals surface area (Å²) in [6.07, 6.45) is 6.52. The van der Waals surface area contributed by atoms with Crippen molar-refractivity contribution in [3.8, 4) is 0 Å². The second kappa shape index (κ2) is 8.07. The van der Waals surface area contributed by atoms with Gasteiger partial charge >= 0.3 is 0 Å². The molecule has 3 unspecified atom stereocenters. The van der Waals surface area contributed by atoms with E-state index in [2.05, 4.69) is 10.9 Å². The third-order valence-corrected chi connectivity index (χ3v) is 5.81. The Kier molecular flexibility index (Phi) is 6.00. The number of hydrazine groups is 1. The second-order valence-electron chi connectivity index (χ2n) is 8.65. The van der Waals surface area contributed by atoms with Crippen molar-refractivity contribution in [2.45, 2.75) is 70.1 Å². The lowest BCUT2D eigenvalue weighted by atomic mass is 9.81. The van der Waals surface area contributed by atoms with Crippen LogP contribution in [0, 0.1) is 5.92 Å². The summed E-state index contributed by atoms with van der Waals surface area (Å²) in [7, 11) is 1.89. The molecule has 2 fully saturated rings. The van der Waals surface area contributed by atoms with Gasteiger partial charge in [-0.3, -0.25) is 15.6 Å². The van der Waals surface area contributed by atoms with Crippen molar-refractivity contribution in [3.63, 3.8) is 0 Å². The second-order valence-corrected chi connectivity index (χ2v) is 8.65. The van der Waals surface area contributed by atoms with Crippen LogP contribution in [0.25, 0.3) is 0 Å². The van der Waals surface area contributed by atoms with E-state index in [1.165, 1.54) is 25.7 Å². The van der Waals surface area contributed by atoms with Gasteiger partial charge in [0.25, 0.3) is 5.91 Å². The Morgan fingerprint density at radius 3 is 2.81 bits per heavy atom. The fourth-order valence-electron chi connectivity index (χ4n) is 4.23. The summed E-state index contributed by atoms with van der Waals surface area (Å²) in [4.78, 5) is 14.7. The summed E-state index contributed by atoms with van der Waals surface area (Å²) in [5, 5.41) is 9.91. The molecule has 3 atom stereocenters. The van der Waals surface area contributed by atoms with Crippen molar-refractivity contribution >= 4 is 5.91 Å². The molecule has 26 heavy (non-hydrogen) atoms. The van der Waals surface area contributed by atoms with Gasteiger partial charge in [-0.2, -0.15) is 0 Å². The van der Waals surface area contributed by atoms with Crippen molar-refractivity contribution in [1.29, 1.82) is 0 Å². The molecule has 5 heteroatoms. The van der Waals surface area contributed by atoms with Gasteiger partial charge in [0.1, 0.15) is 0 Å². The lowest BCUT2D eigenvalue weighted by molar-refractivity contribution is 0.0714. The summed E-state index contributed by atoms with van der Waals surface area (Å²) in [5.74, 6) is 0.688. The number of fused-ring (bicyclic) bond motifs is 1. The highest BCUT2D eigenvalue weighted by atomic mass is 16.3. The van der Waals surface area contributed by atoms with Crippen LogP contribution in [0.1, 0.15) is 61.9 Å². The maximum atomic E-state index is 12.9. The summed E-state index contributed by atoms with van der Waals surface area (Å²) in [5.41, 5.74) is 7.97. The smallest absolute Gasteiger partial charge is 0.253 e. The summed E-state index contributed by atoms with van der Waals surface area (Å²) < 4.78 is 0. The maximum absolute atomic E-state index is 12.9. The summed E-state index contributed by atoms with van der Waals surface area (Å²) in [6, 6.07) is 8.70. The molecule has 1 saturated heterocycles. The molecular formula is C21H33N3O2. The van der Waals surface area contributed by atoms with E-state index >= 15 is 0 Å². The molecule has 0 aromatic heterocycles. The van der Waals surface area contributed by atoms with Gasteiger partial charge in [-0.1, -0.05) is 25.0 Å². The Bertz CT molecular complexity index is 626. The Morgan fingerprint density at radius 1 is 1.27 bits per heavy atom. The van der Waals surface area contributed by atoms with E-state index in [0.717, 1.165) is 24.1 Å². The quantitative estimate of drug-likeness (QED) is 0.730. The minimum Gasteiger partial charge on any atom is -0.390 e. The first kappa shape index (κ1) is 19.3. The molecule has 3 rings (SSSR count). The molecule has 0 radical (unpaired) electrons. The topological polar surface area (TPSA) is 64.6 Å². The number of aliphatic hydroxyl groups is 1. The van der Waals surface area contributed by atoms with Crippen LogP contribution >= 0.6 is 0 Å². The zero-order chi connectivity index (χ0) is 18.7. The first-order chi connectivity index (χ1) is 12.3. The third-order valence-electron chi connectivity index (χ3n) is 5.81. The summed E-state index contributed by atoms with van der Waals surface area (Å²) >= 11 is 0. The van der Waals surface area contributed by atoms with E-state index in [4.69, 9.17) is 0 Å². The number of benzene rings is 1. The van der Waals surface area contributed by atoms with Crippen LogP contribution in [0.5, 0.6) is 0 Å². The first-order valence-electron chi connectivity index (χ1n) is 9.91. The van der Waals surface area contributed by atoms with Crippen LogP contribution in [0.15, 0.2) is 24.3 Å². The van der Waals surface area contributed by atoms with Crippen LogP contribution < -0.4 is 10.9 Å². The number of carbonyl (C=O) groups is 1. The van der Waals surface area contributed by atoms with Gasteiger partial charge < -0.3 is 10.0 Å². The molecule has 1 aliphatic heterocycles. The molecular weight excluding hydrogens is 326 g/mol. The van der Waals surface area contributed by atoms with Crippen molar-refractivity contribution < 1.29 is 9.90 Å². The Labute approximate surface area is 157 Å². The van der Waals surface area contributed by atoms with Crippen molar-refractivity contribution in [2.24, 2.45) is 5.92 Å². The van der Waals surface area contributed by atoms with Crippen molar-refractivity contribution in [1.82, 2.24) is 15.8 Å². The molecule has 0 spiro atoms. The average Bonchev–Trinajstić information content (AvgIpc) is 3.02. The third kappa shape index (κ3) is 4.84. The average molecular weight is 360 g/mol. The van der Waals surface area contributed by atoms with E-state index in [0.29, 0.717) is 24.4 Å². The minimum absolute atomic E-state index is 0.0659. The van der Waals surface area contributed by atoms with Gasteiger partial charge in [-0.15, -0.1) is 0 Å². The predicted octanol–water partition coefficient (Wildman–Crippen LogP) is 2.50. The Hall–Kier alpha value is -1.43. The molecule has 144 valence electrons. The Balaban J connectivity index is 1.59. The van der Waals surface area contributed by atoms with Gasteiger partial charge in [0.15, 0.2) is 0 Å². The van der Waals surface area contributed by atoms with E-state index in [1.807, 2.05) is 50.1 Å². The monoisotopic (exact) mass is 359 g/mol. The van der Waals surface area contributed by atoms with Gasteiger partial charge in [0.2, 0.25) is 0 Å². The largest absolute Gasteiger partial charge is 0.390 e. The predicted molar refractivity (Wildman–Crippen MR) is 104 cm³/mol. The van der Waals surface area contributed by atoms with Crippen LogP contribution in [0.2, 0.25) is 0 Å². The number of amides is 1. The molecule has 1 heterocycles. The highest BCUT2D eigenvalue weighted by molar-refractivity contribution is 5.94. The summed E-state index contributed by atoms with van der Waals surface area (Å²) in [6.45, 7) is 4.36. The fraction of sp³-hybridized carbons (Fsp3) is 0.667. The van der Waals surface area contributed by atoms with Crippen molar-refractivity contribution in [2.75, 3.05) is 13.6 Å². The van der Waals surface area contributed by atoms with E-state index < -0.39 is 5.60 Å². The zero-order valence-corrected chi connectivity index (χ0v) is 16.3. The number of carbonyl (C=O) groups excluding carboxylic acids is 1. The van der Waals surface area contributed by atoms with Gasteiger partial charge in [-0.25, -0.2) is 0 Å². The fourth-order valence-corrected chi connectivity index (χ4v) is 4.23. The van der Waals surface area contributed by atoms with Crippen LogP contribution in [0.4, 0.5) is 0 Å². The van der Waals surface area contributed by atoms with Crippen LogP contribution in [-0.2, 0) is 6.42 Å². The van der Waals surface area contributed by atoms with E-state index in [9.17, 15) is 9.90 Å². The van der Waals surface area contributed by atoms with Crippen molar-refractivity contribution in [3.05, 3.63) is 35.4 Å². The zero-order valence-electron chi connectivity index (χ0n) is 16.3. The highest BCUT2D eigenvalue weighted by Gasteiger charge is 2.38. The molecule has 1 amide bonds. The number of hydrogen-bond acceptors (Lipinski definition) is 4. The van der Waals surface area contributed by atoms with E-state index in [-0.39, 0.29) is 5.91 Å². The maximum Gasteiger partial charge on any atom is 0.253 e. The molecule has 0 bridgehead atoms. The normalized spacial score (nSPS) is 25.8. The molecule has 5 nitrogen and oxygen atoms in total. The molecule has 1 aromatic rings. The lowest BCUT2D eigenvalue weighted by Crippen LogP contribution is -2.43. The molecule has 3 N–H and O–H groups in total. The molecule has 1 aliphatic carbocycles. The number of nitrogens with zero attached hydrogens (tertiary/aromatic N) is 1.